The first-order chi connectivity index (χ1) is 6.45. The first kappa shape index (κ1) is 8.27. The van der Waals surface area contributed by atoms with Crippen LogP contribution < -0.4 is 0 Å². The lowest BCUT2D eigenvalue weighted by molar-refractivity contribution is 1.66. The van der Waals surface area contributed by atoms with Crippen molar-refractivity contribution in [2.45, 2.75) is 0 Å². The summed E-state index contributed by atoms with van der Waals surface area (Å²) in [6, 6.07) is 12.4. The summed E-state index contributed by atoms with van der Waals surface area (Å²) < 4.78 is 0. The Kier molecular flexibility index (Phi) is 2.58. The highest BCUT2D eigenvalue weighted by Crippen LogP contribution is 2.10. The van der Waals surface area contributed by atoms with E-state index in [0.29, 0.717) is 0 Å². The van der Waals surface area contributed by atoms with Crippen molar-refractivity contribution in [1.29, 1.82) is 0 Å². The molecule has 0 nitrogen and oxygen atoms in total. The molecule has 0 saturated heterocycles. The third-order valence-corrected chi connectivity index (χ3v) is 2.51. The van der Waals surface area contributed by atoms with Crippen LogP contribution in [0.4, 0.5) is 0 Å². The minimum absolute atomic E-state index is 1.24. The average Bonchev–Trinajstić information content (AvgIpc) is 2.69. The minimum Gasteiger partial charge on any atom is -0.152 e. The summed E-state index contributed by atoms with van der Waals surface area (Å²) in [5, 5.41) is 4.23. The van der Waals surface area contributed by atoms with E-state index in [2.05, 4.69) is 41.1 Å². The SMILES string of the molecule is C(=C\c1ccsc1)/c1ccccc1. The predicted molar refractivity (Wildman–Crippen MR) is 59.7 cm³/mol. The zero-order valence-electron chi connectivity index (χ0n) is 7.18. The minimum atomic E-state index is 1.24. The molecule has 0 amide bonds. The van der Waals surface area contributed by atoms with Crippen molar-refractivity contribution < 1.29 is 0 Å². The summed E-state index contributed by atoms with van der Waals surface area (Å²) >= 11 is 1.72. The highest BCUT2D eigenvalue weighted by molar-refractivity contribution is 7.08. The number of hydrogen-bond donors (Lipinski definition) is 0. The Morgan fingerprint density at radius 1 is 0.846 bits per heavy atom. The second-order valence-electron chi connectivity index (χ2n) is 2.80. The Morgan fingerprint density at radius 2 is 1.62 bits per heavy atom. The molecule has 13 heavy (non-hydrogen) atoms. The molecule has 0 radical (unpaired) electrons. The monoisotopic (exact) mass is 186 g/mol. The van der Waals surface area contributed by atoms with Crippen molar-refractivity contribution >= 4 is 23.5 Å². The van der Waals surface area contributed by atoms with Crippen molar-refractivity contribution in [3.05, 3.63) is 58.3 Å². The first-order valence-corrected chi connectivity index (χ1v) is 5.15. The molecule has 2 aromatic rings. The molecular weight excluding hydrogens is 176 g/mol. The second kappa shape index (κ2) is 4.06. The zero-order valence-corrected chi connectivity index (χ0v) is 8.00. The fourth-order valence-corrected chi connectivity index (χ4v) is 1.75. The summed E-state index contributed by atoms with van der Waals surface area (Å²) in [6.45, 7) is 0. The largest absolute Gasteiger partial charge is 0.152 e. The van der Waals surface area contributed by atoms with E-state index in [1.54, 1.807) is 11.3 Å². The van der Waals surface area contributed by atoms with E-state index in [1.807, 2.05) is 18.2 Å². The zero-order chi connectivity index (χ0) is 8.93. The van der Waals surface area contributed by atoms with E-state index >= 15 is 0 Å². The molecule has 1 heteroatoms. The topological polar surface area (TPSA) is 0 Å². The molecule has 0 N–H and O–H groups in total. The molecule has 0 saturated carbocycles. The highest BCUT2D eigenvalue weighted by Gasteiger charge is 1.85. The molecule has 1 heterocycles. The summed E-state index contributed by atoms with van der Waals surface area (Å²) in [4.78, 5) is 0. The van der Waals surface area contributed by atoms with Gasteiger partial charge in [0.15, 0.2) is 0 Å². The van der Waals surface area contributed by atoms with Crippen LogP contribution in [0, 0.1) is 0 Å². The molecule has 0 atom stereocenters. The van der Waals surface area contributed by atoms with Gasteiger partial charge in [-0.15, -0.1) is 0 Å². The van der Waals surface area contributed by atoms with Crippen LogP contribution in [-0.2, 0) is 0 Å². The van der Waals surface area contributed by atoms with E-state index < -0.39 is 0 Å². The Bertz CT molecular complexity index is 371. The lowest BCUT2D eigenvalue weighted by Crippen LogP contribution is -1.67. The molecule has 2 rings (SSSR count). The summed E-state index contributed by atoms with van der Waals surface area (Å²) in [6.07, 6.45) is 4.26. The van der Waals surface area contributed by atoms with E-state index in [0.717, 1.165) is 0 Å². The van der Waals surface area contributed by atoms with E-state index in [4.69, 9.17) is 0 Å². The van der Waals surface area contributed by atoms with Crippen LogP contribution >= 0.6 is 11.3 Å². The lowest BCUT2D eigenvalue weighted by atomic mass is 10.2. The van der Waals surface area contributed by atoms with Gasteiger partial charge in [-0.05, 0) is 28.0 Å². The van der Waals surface area contributed by atoms with Crippen molar-refractivity contribution in [2.24, 2.45) is 0 Å². The molecule has 64 valence electrons. The maximum atomic E-state index is 2.14. The molecule has 0 bridgehead atoms. The van der Waals surface area contributed by atoms with E-state index in [1.165, 1.54) is 11.1 Å². The van der Waals surface area contributed by atoms with Crippen LogP contribution in [0.15, 0.2) is 47.2 Å². The second-order valence-corrected chi connectivity index (χ2v) is 3.58. The molecule has 0 aliphatic carbocycles. The fourth-order valence-electron chi connectivity index (χ4n) is 1.13. The molecule has 1 aromatic carbocycles. The van der Waals surface area contributed by atoms with Crippen molar-refractivity contribution in [3.8, 4) is 0 Å². The Labute approximate surface area is 82.2 Å². The van der Waals surface area contributed by atoms with Gasteiger partial charge in [-0.2, -0.15) is 11.3 Å². The van der Waals surface area contributed by atoms with Crippen LogP contribution in [0.1, 0.15) is 11.1 Å². The number of benzene rings is 1. The standard InChI is InChI=1S/C12H10S/c1-2-4-11(5-3-1)6-7-12-8-9-13-10-12/h1-10H/b7-6+. The first-order valence-electron chi connectivity index (χ1n) is 4.20. The fraction of sp³-hybridized carbons (Fsp3) is 0. The van der Waals surface area contributed by atoms with Crippen LogP contribution in [0.25, 0.3) is 12.2 Å². The number of rotatable bonds is 2. The normalized spacial score (nSPS) is 10.8. The summed E-state index contributed by atoms with van der Waals surface area (Å²) in [7, 11) is 0. The van der Waals surface area contributed by atoms with Gasteiger partial charge in [-0.1, -0.05) is 42.5 Å². The Balaban J connectivity index is 2.15. The number of hydrogen-bond acceptors (Lipinski definition) is 1. The third-order valence-electron chi connectivity index (χ3n) is 1.81. The van der Waals surface area contributed by atoms with Gasteiger partial charge in [-0.3, -0.25) is 0 Å². The van der Waals surface area contributed by atoms with Crippen molar-refractivity contribution in [1.82, 2.24) is 0 Å². The molecule has 0 spiro atoms. The van der Waals surface area contributed by atoms with Gasteiger partial charge in [-0.25, -0.2) is 0 Å². The maximum absolute atomic E-state index is 2.14. The lowest BCUT2D eigenvalue weighted by Gasteiger charge is -1.89. The van der Waals surface area contributed by atoms with Gasteiger partial charge in [0.2, 0.25) is 0 Å². The smallest absolute Gasteiger partial charge is 0.00208 e. The van der Waals surface area contributed by atoms with Gasteiger partial charge in [0.1, 0.15) is 0 Å². The molecule has 0 unspecified atom stereocenters. The van der Waals surface area contributed by atoms with Crippen LogP contribution in [0.2, 0.25) is 0 Å². The van der Waals surface area contributed by atoms with Gasteiger partial charge in [0, 0.05) is 0 Å². The third kappa shape index (κ3) is 2.30. The van der Waals surface area contributed by atoms with Gasteiger partial charge < -0.3 is 0 Å². The average molecular weight is 186 g/mol. The van der Waals surface area contributed by atoms with Gasteiger partial charge >= 0.3 is 0 Å². The Hall–Kier alpha value is -1.34. The van der Waals surface area contributed by atoms with Crippen molar-refractivity contribution in [2.75, 3.05) is 0 Å². The van der Waals surface area contributed by atoms with Crippen LogP contribution in [0.3, 0.4) is 0 Å². The van der Waals surface area contributed by atoms with Crippen molar-refractivity contribution in [3.63, 3.8) is 0 Å². The molecule has 0 aliphatic rings. The number of thiophene rings is 1. The maximum Gasteiger partial charge on any atom is -0.00208 e. The molecular formula is C12H10S. The molecule has 0 fully saturated rings. The summed E-state index contributed by atoms with van der Waals surface area (Å²) in [5.41, 5.74) is 2.52. The van der Waals surface area contributed by atoms with E-state index in [-0.39, 0.29) is 0 Å². The summed E-state index contributed by atoms with van der Waals surface area (Å²) in [5.74, 6) is 0. The van der Waals surface area contributed by atoms with Gasteiger partial charge in [0.25, 0.3) is 0 Å². The van der Waals surface area contributed by atoms with Crippen LogP contribution in [-0.4, -0.2) is 0 Å². The molecule has 1 aromatic heterocycles. The Morgan fingerprint density at radius 3 is 2.31 bits per heavy atom. The van der Waals surface area contributed by atoms with E-state index in [9.17, 15) is 0 Å². The van der Waals surface area contributed by atoms with Crippen LogP contribution in [0.5, 0.6) is 0 Å². The predicted octanol–water partition coefficient (Wildman–Crippen LogP) is 3.92. The van der Waals surface area contributed by atoms with Gasteiger partial charge in [0.05, 0.1) is 0 Å². The quantitative estimate of drug-likeness (QED) is 0.667. The highest BCUT2D eigenvalue weighted by atomic mass is 32.1. The molecule has 0 aliphatic heterocycles.